The Morgan fingerprint density at radius 1 is 1.13 bits per heavy atom. The van der Waals surface area contributed by atoms with Gasteiger partial charge in [0.2, 0.25) is 5.91 Å². The molecule has 0 unspecified atom stereocenters. The maximum absolute atomic E-state index is 13.2. The molecule has 2 atom stereocenters. The minimum absolute atomic E-state index is 0.256. The van der Waals surface area contributed by atoms with E-state index in [4.69, 9.17) is 4.98 Å². The smallest absolute Gasteiger partial charge is 0.236 e. The molecule has 0 saturated carbocycles. The van der Waals surface area contributed by atoms with Crippen LogP contribution in [0.25, 0.3) is 10.2 Å². The lowest BCUT2D eigenvalue weighted by atomic mass is 9.87. The largest absolute Gasteiger partial charge is 0.341 e. The van der Waals surface area contributed by atoms with Crippen LogP contribution < -0.4 is 0 Å². The van der Waals surface area contributed by atoms with Crippen LogP contribution in [0.1, 0.15) is 53.8 Å². The highest BCUT2D eigenvalue weighted by atomic mass is 32.1. The molecule has 5 heteroatoms. The molecular weight excluding hydrogens is 390 g/mol. The van der Waals surface area contributed by atoms with Crippen LogP contribution in [0.3, 0.4) is 0 Å². The first-order valence-electron chi connectivity index (χ1n) is 11.1. The molecule has 1 aromatic heterocycles. The fourth-order valence-electron chi connectivity index (χ4n) is 5.08. The van der Waals surface area contributed by atoms with E-state index in [-0.39, 0.29) is 5.91 Å². The van der Waals surface area contributed by atoms with E-state index in [2.05, 4.69) is 59.3 Å². The Morgan fingerprint density at radius 2 is 1.97 bits per heavy atom. The molecule has 0 N–H and O–H groups in total. The van der Waals surface area contributed by atoms with Crippen LogP contribution in [0.5, 0.6) is 0 Å². The van der Waals surface area contributed by atoms with Gasteiger partial charge in [0, 0.05) is 25.0 Å². The number of benzene rings is 2. The Bertz CT molecular complexity index is 1010. The number of likely N-dealkylation sites (N-methyl/N-ethyl adjacent to an activating group) is 1. The highest BCUT2D eigenvalue weighted by Crippen LogP contribution is 2.35. The van der Waals surface area contributed by atoms with Crippen molar-refractivity contribution in [2.24, 2.45) is 0 Å². The second-order valence-corrected chi connectivity index (χ2v) is 9.78. The van der Waals surface area contributed by atoms with E-state index < -0.39 is 0 Å². The molecule has 5 rings (SSSR count). The number of piperidine rings is 1. The molecule has 1 saturated heterocycles. The van der Waals surface area contributed by atoms with Crippen molar-refractivity contribution < 1.29 is 4.79 Å². The fraction of sp³-hybridized carbons (Fsp3) is 0.440. The predicted molar refractivity (Wildman–Crippen MR) is 123 cm³/mol. The van der Waals surface area contributed by atoms with Gasteiger partial charge >= 0.3 is 0 Å². The minimum Gasteiger partial charge on any atom is -0.341 e. The van der Waals surface area contributed by atoms with Crippen molar-refractivity contribution in [1.29, 1.82) is 0 Å². The number of amides is 1. The predicted octanol–water partition coefficient (Wildman–Crippen LogP) is 5.01. The topological polar surface area (TPSA) is 36.4 Å². The van der Waals surface area contributed by atoms with E-state index >= 15 is 0 Å². The molecule has 156 valence electrons. The van der Waals surface area contributed by atoms with Crippen LogP contribution in [0.15, 0.2) is 48.5 Å². The second kappa shape index (κ2) is 8.48. The Hall–Kier alpha value is -2.24. The first kappa shape index (κ1) is 19.7. The van der Waals surface area contributed by atoms with Crippen LogP contribution in [-0.4, -0.2) is 47.4 Å². The van der Waals surface area contributed by atoms with E-state index in [9.17, 15) is 4.79 Å². The summed E-state index contributed by atoms with van der Waals surface area (Å²) in [4.78, 5) is 22.4. The number of likely N-dealkylation sites (tertiary alicyclic amines) is 1. The number of nitrogens with zero attached hydrogens (tertiary/aromatic N) is 3. The average Bonchev–Trinajstić information content (AvgIpc) is 3.23. The Morgan fingerprint density at radius 3 is 2.87 bits per heavy atom. The Balaban J connectivity index is 1.26. The zero-order valence-corrected chi connectivity index (χ0v) is 18.4. The van der Waals surface area contributed by atoms with E-state index in [0.717, 1.165) is 44.3 Å². The molecule has 2 heterocycles. The number of carbonyl (C=O) groups excluding carboxylic acids is 1. The maximum atomic E-state index is 13.2. The average molecular weight is 420 g/mol. The van der Waals surface area contributed by atoms with Gasteiger partial charge in [0.25, 0.3) is 0 Å². The van der Waals surface area contributed by atoms with E-state index in [1.54, 1.807) is 11.3 Å². The lowest BCUT2D eigenvalue weighted by Gasteiger charge is -2.36. The number of hydrogen-bond acceptors (Lipinski definition) is 4. The van der Waals surface area contributed by atoms with Gasteiger partial charge in [0.1, 0.15) is 0 Å². The molecule has 3 aromatic rings. The highest BCUT2D eigenvalue weighted by molar-refractivity contribution is 7.18. The van der Waals surface area contributed by atoms with Gasteiger partial charge in [-0.15, -0.1) is 11.3 Å². The van der Waals surface area contributed by atoms with Gasteiger partial charge in [0.15, 0.2) is 0 Å². The molecule has 1 aliphatic heterocycles. The van der Waals surface area contributed by atoms with Gasteiger partial charge in [-0.25, -0.2) is 4.98 Å². The van der Waals surface area contributed by atoms with Crippen molar-refractivity contribution in [1.82, 2.24) is 14.8 Å². The van der Waals surface area contributed by atoms with Gasteiger partial charge in [0.05, 0.1) is 21.8 Å². The summed E-state index contributed by atoms with van der Waals surface area (Å²) in [5.41, 5.74) is 3.93. The third kappa shape index (κ3) is 3.88. The monoisotopic (exact) mass is 419 g/mol. The van der Waals surface area contributed by atoms with E-state index in [1.807, 2.05) is 6.07 Å². The first-order chi connectivity index (χ1) is 14.7. The van der Waals surface area contributed by atoms with Gasteiger partial charge in [-0.3, -0.25) is 9.69 Å². The van der Waals surface area contributed by atoms with Gasteiger partial charge < -0.3 is 4.90 Å². The van der Waals surface area contributed by atoms with Crippen LogP contribution in [-0.2, 0) is 11.2 Å². The molecule has 1 fully saturated rings. The van der Waals surface area contributed by atoms with Crippen LogP contribution in [0.2, 0.25) is 0 Å². The number of rotatable bonds is 4. The lowest BCUT2D eigenvalue weighted by molar-refractivity contribution is -0.134. The normalized spacial score (nSPS) is 21.7. The zero-order chi connectivity index (χ0) is 20.5. The summed E-state index contributed by atoms with van der Waals surface area (Å²) in [5, 5.41) is 1.18. The molecule has 0 bridgehead atoms. The van der Waals surface area contributed by atoms with Crippen molar-refractivity contribution in [2.45, 2.75) is 44.1 Å². The maximum Gasteiger partial charge on any atom is 0.236 e. The van der Waals surface area contributed by atoms with Crippen LogP contribution >= 0.6 is 11.3 Å². The van der Waals surface area contributed by atoms with Gasteiger partial charge in [-0.05, 0) is 62.4 Å². The number of carbonyl (C=O) groups is 1. The number of fused-ring (bicyclic) bond motifs is 2. The summed E-state index contributed by atoms with van der Waals surface area (Å²) >= 11 is 1.79. The van der Waals surface area contributed by atoms with E-state index in [1.165, 1.54) is 27.3 Å². The quantitative estimate of drug-likeness (QED) is 0.596. The first-order valence-corrected chi connectivity index (χ1v) is 11.9. The van der Waals surface area contributed by atoms with Crippen molar-refractivity contribution in [3.63, 3.8) is 0 Å². The standard InChI is InChI=1S/C25H29N3OS/c1-27(22-13-6-9-18-8-2-3-11-20(18)22)17-24(29)28-15-7-10-19(16-28)25-26-21-12-4-5-14-23(21)30-25/h2-5,8,11-12,14,19,22H,6-7,9-10,13,15-17H2,1H3/t19-,22-/m1/s1. The molecule has 2 aliphatic rings. The van der Waals surface area contributed by atoms with Crippen molar-refractivity contribution in [2.75, 3.05) is 26.7 Å². The van der Waals surface area contributed by atoms with Gasteiger partial charge in [-0.2, -0.15) is 0 Å². The summed E-state index contributed by atoms with van der Waals surface area (Å²) in [6.07, 6.45) is 5.67. The molecule has 1 amide bonds. The minimum atomic E-state index is 0.256. The van der Waals surface area contributed by atoms with Gasteiger partial charge in [-0.1, -0.05) is 36.4 Å². The molecule has 2 aromatic carbocycles. The molecule has 30 heavy (non-hydrogen) atoms. The van der Waals surface area contributed by atoms with Crippen molar-refractivity contribution >= 4 is 27.5 Å². The third-order valence-electron chi connectivity index (χ3n) is 6.69. The summed E-state index contributed by atoms with van der Waals surface area (Å²) in [7, 11) is 2.11. The number of aromatic nitrogens is 1. The molecule has 0 radical (unpaired) electrons. The molecule has 0 spiro atoms. The Kier molecular flexibility index (Phi) is 5.57. The van der Waals surface area contributed by atoms with Crippen LogP contribution in [0, 0.1) is 0 Å². The molecule has 4 nitrogen and oxygen atoms in total. The molecular formula is C25H29N3OS. The van der Waals surface area contributed by atoms with E-state index in [0.29, 0.717) is 18.5 Å². The SMILES string of the molecule is CN(CC(=O)N1CCC[C@@H](c2nc3ccccc3s2)C1)[C@@H]1CCCc2ccccc21. The summed E-state index contributed by atoms with van der Waals surface area (Å²) in [6.45, 7) is 2.16. The third-order valence-corrected chi connectivity index (χ3v) is 7.89. The van der Waals surface area contributed by atoms with Crippen LogP contribution in [0.4, 0.5) is 0 Å². The Labute approximate surface area is 182 Å². The zero-order valence-electron chi connectivity index (χ0n) is 17.6. The lowest BCUT2D eigenvalue weighted by Crippen LogP contribution is -2.44. The summed E-state index contributed by atoms with van der Waals surface area (Å²) < 4.78 is 1.24. The van der Waals surface area contributed by atoms with Crippen molar-refractivity contribution in [3.8, 4) is 0 Å². The fourth-order valence-corrected chi connectivity index (χ4v) is 6.17. The highest BCUT2D eigenvalue weighted by Gasteiger charge is 2.30. The number of para-hydroxylation sites is 1. The molecule has 1 aliphatic carbocycles. The second-order valence-electron chi connectivity index (χ2n) is 8.72. The number of aryl methyl sites for hydroxylation is 1. The van der Waals surface area contributed by atoms with Crippen molar-refractivity contribution in [3.05, 3.63) is 64.7 Å². The summed E-state index contributed by atoms with van der Waals surface area (Å²) in [6, 6.07) is 17.4. The number of hydrogen-bond donors (Lipinski definition) is 0. The summed E-state index contributed by atoms with van der Waals surface area (Å²) in [5.74, 6) is 0.618. The number of thiazole rings is 1.